The van der Waals surface area contributed by atoms with Gasteiger partial charge in [0.1, 0.15) is 11.6 Å². The maximum atomic E-state index is 12.2. The van der Waals surface area contributed by atoms with Crippen LogP contribution in [0.4, 0.5) is 5.82 Å². The van der Waals surface area contributed by atoms with Gasteiger partial charge >= 0.3 is 0 Å². The summed E-state index contributed by atoms with van der Waals surface area (Å²) >= 11 is 1.46. The largest absolute Gasteiger partial charge is 0.484 e. The predicted octanol–water partition coefficient (Wildman–Crippen LogP) is 2.93. The summed E-state index contributed by atoms with van der Waals surface area (Å²) in [5, 5.41) is 12.0. The number of methoxy groups -OCH3 is 1. The number of carbonyl (C=O) groups excluding carboxylic acids is 1. The second-order valence-electron chi connectivity index (χ2n) is 7.45. The van der Waals surface area contributed by atoms with Crippen molar-refractivity contribution in [2.24, 2.45) is 0 Å². The first-order valence-electron chi connectivity index (χ1n) is 10.5. The first-order chi connectivity index (χ1) is 15.5. The maximum absolute atomic E-state index is 12.2. The third-order valence-electron chi connectivity index (χ3n) is 4.82. The molecular weight excluding hydrogens is 428 g/mol. The Morgan fingerprint density at radius 3 is 2.66 bits per heavy atom. The molecule has 1 amide bonds. The summed E-state index contributed by atoms with van der Waals surface area (Å²) in [6.45, 7) is 6.35. The Morgan fingerprint density at radius 2 is 1.97 bits per heavy atom. The minimum Gasteiger partial charge on any atom is -0.484 e. The summed E-state index contributed by atoms with van der Waals surface area (Å²) in [7, 11) is 1.66. The van der Waals surface area contributed by atoms with Crippen molar-refractivity contribution >= 4 is 34.5 Å². The molecular formula is C22H30N6O3S. The van der Waals surface area contributed by atoms with Crippen LogP contribution in [0.15, 0.2) is 35.6 Å². The average Bonchev–Trinajstić information content (AvgIpc) is 3.21. The van der Waals surface area contributed by atoms with Gasteiger partial charge in [-0.1, -0.05) is 37.7 Å². The second-order valence-corrected chi connectivity index (χ2v) is 8.22. The van der Waals surface area contributed by atoms with Crippen LogP contribution < -0.4 is 15.4 Å². The van der Waals surface area contributed by atoms with E-state index >= 15 is 0 Å². The molecule has 32 heavy (non-hydrogen) atoms. The van der Waals surface area contributed by atoms with Crippen LogP contribution in [0.3, 0.4) is 0 Å². The summed E-state index contributed by atoms with van der Waals surface area (Å²) in [5.74, 6) is 1.68. The van der Waals surface area contributed by atoms with Gasteiger partial charge in [-0.15, -0.1) is 0 Å². The SMILES string of the molecule is COCCNc1nc(SC)nc2c1cnn2CCNC(=O)COc1ccc(C(C)C)cc1. The average molecular weight is 459 g/mol. The molecule has 0 aliphatic rings. The zero-order chi connectivity index (χ0) is 22.9. The molecule has 3 aromatic rings. The highest BCUT2D eigenvalue weighted by Crippen LogP contribution is 2.23. The quantitative estimate of drug-likeness (QED) is 0.243. The number of nitrogens with one attached hydrogen (secondary N) is 2. The normalized spacial score (nSPS) is 11.2. The number of hydrogen-bond acceptors (Lipinski definition) is 8. The van der Waals surface area contributed by atoms with Crippen LogP contribution in [0.5, 0.6) is 5.75 Å². The van der Waals surface area contributed by atoms with Gasteiger partial charge in [-0.25, -0.2) is 14.6 Å². The molecule has 0 unspecified atom stereocenters. The fourth-order valence-corrected chi connectivity index (χ4v) is 3.41. The van der Waals surface area contributed by atoms with Crippen molar-refractivity contribution in [1.82, 2.24) is 25.1 Å². The van der Waals surface area contributed by atoms with Crippen LogP contribution in [-0.2, 0) is 16.1 Å². The molecule has 10 heteroatoms. The summed E-state index contributed by atoms with van der Waals surface area (Å²) in [5.41, 5.74) is 1.96. The number of carbonyl (C=O) groups is 1. The lowest BCUT2D eigenvalue weighted by molar-refractivity contribution is -0.123. The number of anilines is 1. The van der Waals surface area contributed by atoms with Crippen LogP contribution in [-0.4, -0.2) is 65.3 Å². The monoisotopic (exact) mass is 458 g/mol. The van der Waals surface area contributed by atoms with E-state index in [0.717, 1.165) is 16.9 Å². The molecule has 9 nitrogen and oxygen atoms in total. The Hall–Kier alpha value is -2.85. The first-order valence-corrected chi connectivity index (χ1v) is 11.7. The van der Waals surface area contributed by atoms with Crippen LogP contribution in [0.2, 0.25) is 0 Å². The molecule has 0 spiro atoms. The number of fused-ring (bicyclic) bond motifs is 1. The number of benzene rings is 1. The highest BCUT2D eigenvalue weighted by molar-refractivity contribution is 7.98. The van der Waals surface area contributed by atoms with Gasteiger partial charge in [0.05, 0.1) is 24.7 Å². The molecule has 0 fully saturated rings. The highest BCUT2D eigenvalue weighted by atomic mass is 32.2. The molecule has 0 saturated heterocycles. The Morgan fingerprint density at radius 1 is 1.19 bits per heavy atom. The van der Waals surface area contributed by atoms with Gasteiger partial charge < -0.3 is 20.1 Å². The topological polar surface area (TPSA) is 103 Å². The standard InChI is InChI=1S/C22H30N6O3S/c1-15(2)16-5-7-17(8-6-16)31-14-19(29)23-9-11-28-21-18(13-25-28)20(24-10-12-30-3)26-22(27-21)32-4/h5-8,13,15H,9-12,14H2,1-4H3,(H,23,29)(H,24,26,27). The molecule has 0 radical (unpaired) electrons. The zero-order valence-corrected chi connectivity index (χ0v) is 19.7. The van der Waals surface area contributed by atoms with E-state index < -0.39 is 0 Å². The van der Waals surface area contributed by atoms with Gasteiger partial charge in [-0.3, -0.25) is 4.79 Å². The van der Waals surface area contributed by atoms with Gasteiger partial charge in [-0.05, 0) is 29.9 Å². The summed E-state index contributed by atoms with van der Waals surface area (Å²) in [6.07, 6.45) is 3.66. The molecule has 0 bridgehead atoms. The van der Waals surface area contributed by atoms with E-state index in [0.29, 0.717) is 43.1 Å². The maximum Gasteiger partial charge on any atom is 0.258 e. The van der Waals surface area contributed by atoms with Crippen LogP contribution >= 0.6 is 11.8 Å². The lowest BCUT2D eigenvalue weighted by atomic mass is 10.0. The highest BCUT2D eigenvalue weighted by Gasteiger charge is 2.13. The summed E-state index contributed by atoms with van der Waals surface area (Å²) in [6, 6.07) is 7.81. The van der Waals surface area contributed by atoms with Crippen molar-refractivity contribution in [3.63, 3.8) is 0 Å². The van der Waals surface area contributed by atoms with E-state index in [1.807, 2.05) is 30.5 Å². The van der Waals surface area contributed by atoms with Crippen molar-refractivity contribution < 1.29 is 14.3 Å². The van der Waals surface area contributed by atoms with Crippen LogP contribution in [0, 0.1) is 0 Å². The molecule has 0 saturated carbocycles. The lowest BCUT2D eigenvalue weighted by Crippen LogP contribution is -2.31. The van der Waals surface area contributed by atoms with E-state index in [1.165, 1.54) is 17.3 Å². The molecule has 0 aliphatic carbocycles. The second kappa shape index (κ2) is 11.7. The predicted molar refractivity (Wildman–Crippen MR) is 127 cm³/mol. The number of amides is 1. The van der Waals surface area contributed by atoms with Crippen molar-refractivity contribution in [2.75, 3.05) is 45.0 Å². The van der Waals surface area contributed by atoms with Gasteiger partial charge in [0.2, 0.25) is 0 Å². The molecule has 3 rings (SSSR count). The number of nitrogens with zero attached hydrogens (tertiary/aromatic N) is 4. The van der Waals surface area contributed by atoms with Crippen molar-refractivity contribution in [2.45, 2.75) is 31.5 Å². The fourth-order valence-electron chi connectivity index (χ4n) is 3.05. The van der Waals surface area contributed by atoms with E-state index in [-0.39, 0.29) is 12.5 Å². The minimum atomic E-state index is -0.184. The Kier molecular flexibility index (Phi) is 8.69. The summed E-state index contributed by atoms with van der Waals surface area (Å²) in [4.78, 5) is 21.3. The van der Waals surface area contributed by atoms with E-state index in [9.17, 15) is 4.79 Å². The van der Waals surface area contributed by atoms with E-state index in [2.05, 4.69) is 39.5 Å². The van der Waals surface area contributed by atoms with Gasteiger partial charge in [0.25, 0.3) is 5.91 Å². The number of aromatic nitrogens is 4. The van der Waals surface area contributed by atoms with Gasteiger partial charge in [0, 0.05) is 20.2 Å². The fraction of sp³-hybridized carbons (Fsp3) is 0.455. The van der Waals surface area contributed by atoms with Crippen LogP contribution in [0.25, 0.3) is 11.0 Å². The number of hydrogen-bond donors (Lipinski definition) is 2. The van der Waals surface area contributed by atoms with Crippen molar-refractivity contribution in [3.05, 3.63) is 36.0 Å². The molecule has 1 aromatic carbocycles. The van der Waals surface area contributed by atoms with E-state index in [4.69, 9.17) is 9.47 Å². The molecule has 0 atom stereocenters. The van der Waals surface area contributed by atoms with Crippen LogP contribution in [0.1, 0.15) is 25.3 Å². The van der Waals surface area contributed by atoms with Crippen molar-refractivity contribution in [1.29, 1.82) is 0 Å². The van der Waals surface area contributed by atoms with Gasteiger partial charge in [-0.2, -0.15) is 5.10 Å². The minimum absolute atomic E-state index is 0.0345. The number of rotatable bonds is 12. The summed E-state index contributed by atoms with van der Waals surface area (Å²) < 4.78 is 12.4. The third-order valence-corrected chi connectivity index (χ3v) is 5.37. The Labute approximate surface area is 192 Å². The van der Waals surface area contributed by atoms with Crippen molar-refractivity contribution in [3.8, 4) is 5.75 Å². The molecule has 2 heterocycles. The zero-order valence-electron chi connectivity index (χ0n) is 18.9. The Bertz CT molecular complexity index is 1020. The molecule has 172 valence electrons. The molecule has 2 aromatic heterocycles. The third kappa shape index (κ3) is 6.33. The molecule has 0 aliphatic heterocycles. The smallest absolute Gasteiger partial charge is 0.258 e. The number of thioether (sulfide) groups is 1. The Balaban J connectivity index is 1.54. The lowest BCUT2D eigenvalue weighted by Gasteiger charge is -2.10. The van der Waals surface area contributed by atoms with E-state index in [1.54, 1.807) is 18.0 Å². The van der Waals surface area contributed by atoms with Gasteiger partial charge in [0.15, 0.2) is 17.4 Å². The molecule has 2 N–H and O–H groups in total. The first kappa shape index (κ1) is 23.8. The number of ether oxygens (including phenoxy) is 2.